The summed E-state index contributed by atoms with van der Waals surface area (Å²) in [5.74, 6) is 0. The maximum absolute atomic E-state index is 2.38. The molecule has 28 heavy (non-hydrogen) atoms. The van der Waals surface area contributed by atoms with Gasteiger partial charge in [0.15, 0.2) is 0 Å². The highest BCUT2D eigenvalue weighted by Crippen LogP contribution is 2.54. The predicted molar refractivity (Wildman–Crippen MR) is 117 cm³/mol. The Bertz CT molecular complexity index is 984. The minimum absolute atomic E-state index is 0.178. The van der Waals surface area contributed by atoms with Gasteiger partial charge in [-0.05, 0) is 47.2 Å². The highest BCUT2D eigenvalue weighted by Gasteiger charge is 2.47. The van der Waals surface area contributed by atoms with Crippen molar-refractivity contribution in [2.24, 2.45) is 0 Å². The zero-order valence-electron chi connectivity index (χ0n) is 16.4. The van der Waals surface area contributed by atoms with Crippen LogP contribution in [0.1, 0.15) is 47.2 Å². The van der Waals surface area contributed by atoms with Gasteiger partial charge in [-0.15, -0.1) is 0 Å². The van der Waals surface area contributed by atoms with Crippen LogP contribution in [0.3, 0.4) is 0 Å². The van der Waals surface area contributed by atoms with Crippen molar-refractivity contribution in [1.29, 1.82) is 0 Å². The molecule has 0 unspecified atom stereocenters. The van der Waals surface area contributed by atoms with E-state index >= 15 is 0 Å². The van der Waals surface area contributed by atoms with Crippen LogP contribution >= 0.6 is 0 Å². The molecule has 0 aliphatic heterocycles. The Morgan fingerprint density at radius 1 is 0.357 bits per heavy atom. The van der Waals surface area contributed by atoms with Crippen molar-refractivity contribution in [3.63, 3.8) is 0 Å². The van der Waals surface area contributed by atoms with E-state index in [1.807, 2.05) is 0 Å². The number of hydrogen-bond acceptors (Lipinski definition) is 0. The second-order valence-electron chi connectivity index (χ2n) is 8.07. The van der Waals surface area contributed by atoms with Gasteiger partial charge < -0.3 is 0 Å². The molecule has 0 radical (unpaired) electrons. The lowest BCUT2D eigenvalue weighted by Gasteiger charge is -2.47. The summed E-state index contributed by atoms with van der Waals surface area (Å²) in [7, 11) is 0. The smallest absolute Gasteiger partial charge is 0.0429 e. The molecule has 0 atom stereocenters. The van der Waals surface area contributed by atoms with E-state index in [-0.39, 0.29) is 10.8 Å². The van der Waals surface area contributed by atoms with Crippen LogP contribution in [0.25, 0.3) is 0 Å². The van der Waals surface area contributed by atoms with Gasteiger partial charge in [-0.1, -0.05) is 109 Å². The van der Waals surface area contributed by atoms with Crippen LogP contribution in [0.15, 0.2) is 109 Å². The Balaban J connectivity index is 1.91. The summed E-state index contributed by atoms with van der Waals surface area (Å²) < 4.78 is 0. The van der Waals surface area contributed by atoms with Gasteiger partial charge in [-0.25, -0.2) is 0 Å². The lowest BCUT2D eigenvalue weighted by molar-refractivity contribution is 0.567. The minimum atomic E-state index is -0.178. The fourth-order valence-electron chi connectivity index (χ4n) is 5.17. The zero-order chi connectivity index (χ0) is 19.2. The van der Waals surface area contributed by atoms with Crippen molar-refractivity contribution in [2.75, 3.05) is 0 Å². The van der Waals surface area contributed by atoms with Gasteiger partial charge in [0, 0.05) is 10.8 Å². The van der Waals surface area contributed by atoms with E-state index in [0.717, 1.165) is 0 Å². The molecule has 1 aliphatic carbocycles. The molecule has 0 nitrogen and oxygen atoms in total. The average molecular weight is 361 g/mol. The molecule has 0 amide bonds. The molecule has 0 fully saturated rings. The first-order chi connectivity index (χ1) is 13.7. The molecule has 0 bridgehead atoms. The van der Waals surface area contributed by atoms with Crippen LogP contribution in [0, 0.1) is 0 Å². The summed E-state index contributed by atoms with van der Waals surface area (Å²) in [6.45, 7) is 4.76. The fourth-order valence-corrected chi connectivity index (χ4v) is 5.17. The van der Waals surface area contributed by atoms with Gasteiger partial charge in [0.05, 0.1) is 0 Å². The van der Waals surface area contributed by atoms with E-state index in [1.54, 1.807) is 0 Å². The SMILES string of the molecule is CC1(c2ccccc2)c2ccccc2C(C)(c2ccccc2)c2ccccc21. The van der Waals surface area contributed by atoms with E-state index < -0.39 is 0 Å². The van der Waals surface area contributed by atoms with Crippen LogP contribution in [0.4, 0.5) is 0 Å². The molecule has 0 saturated carbocycles. The third-order valence-corrected chi connectivity index (χ3v) is 6.71. The normalized spacial score (nSPS) is 22.9. The third kappa shape index (κ3) is 2.18. The minimum Gasteiger partial charge on any atom is -0.0622 e. The van der Waals surface area contributed by atoms with Crippen LogP contribution in [0.2, 0.25) is 0 Å². The highest BCUT2D eigenvalue weighted by atomic mass is 14.5. The molecule has 0 heterocycles. The van der Waals surface area contributed by atoms with Crippen molar-refractivity contribution < 1.29 is 0 Å². The maximum atomic E-state index is 2.38. The van der Waals surface area contributed by atoms with Gasteiger partial charge in [-0.2, -0.15) is 0 Å². The van der Waals surface area contributed by atoms with Gasteiger partial charge in [0.25, 0.3) is 0 Å². The van der Waals surface area contributed by atoms with E-state index in [2.05, 4.69) is 123 Å². The van der Waals surface area contributed by atoms with E-state index in [4.69, 9.17) is 0 Å². The first-order valence-electron chi connectivity index (χ1n) is 9.98. The first kappa shape index (κ1) is 17.0. The molecule has 0 saturated heterocycles. The van der Waals surface area contributed by atoms with Crippen molar-refractivity contribution in [2.45, 2.75) is 24.7 Å². The standard InChI is InChI=1S/C28H24/c1-27(21-13-5-3-6-14-21)23-17-9-11-19-25(23)28(2,22-15-7-4-8-16-22)26-20-12-10-18-24(26)27/h3-20H,1-2H3. The number of rotatable bonds is 2. The molecular weight excluding hydrogens is 336 g/mol. The lowest BCUT2D eigenvalue weighted by atomic mass is 9.55. The summed E-state index contributed by atoms with van der Waals surface area (Å²) in [6, 6.07) is 39.8. The van der Waals surface area contributed by atoms with Gasteiger partial charge in [0.1, 0.15) is 0 Å². The van der Waals surface area contributed by atoms with E-state index in [9.17, 15) is 0 Å². The lowest BCUT2D eigenvalue weighted by Crippen LogP contribution is -2.41. The highest BCUT2D eigenvalue weighted by molar-refractivity contribution is 5.67. The van der Waals surface area contributed by atoms with Crippen LogP contribution < -0.4 is 0 Å². The molecule has 0 N–H and O–H groups in total. The van der Waals surface area contributed by atoms with Crippen molar-refractivity contribution >= 4 is 0 Å². The summed E-state index contributed by atoms with van der Waals surface area (Å²) in [5, 5.41) is 0. The molecule has 0 aromatic heterocycles. The quantitative estimate of drug-likeness (QED) is 0.373. The molecule has 136 valence electrons. The molecule has 4 aromatic rings. The summed E-state index contributed by atoms with van der Waals surface area (Å²) >= 11 is 0. The Morgan fingerprint density at radius 3 is 0.893 bits per heavy atom. The first-order valence-corrected chi connectivity index (χ1v) is 9.98. The fraction of sp³-hybridized carbons (Fsp3) is 0.143. The summed E-state index contributed by atoms with van der Waals surface area (Å²) in [6.07, 6.45) is 0. The third-order valence-electron chi connectivity index (χ3n) is 6.71. The van der Waals surface area contributed by atoms with Crippen LogP contribution in [-0.2, 0) is 10.8 Å². The second-order valence-corrected chi connectivity index (χ2v) is 8.07. The number of hydrogen-bond donors (Lipinski definition) is 0. The van der Waals surface area contributed by atoms with E-state index in [0.29, 0.717) is 0 Å². The van der Waals surface area contributed by atoms with Gasteiger partial charge >= 0.3 is 0 Å². The average Bonchev–Trinajstić information content (AvgIpc) is 2.79. The Hall–Kier alpha value is -3.12. The van der Waals surface area contributed by atoms with Gasteiger partial charge in [0.2, 0.25) is 0 Å². The van der Waals surface area contributed by atoms with Gasteiger partial charge in [-0.3, -0.25) is 0 Å². The monoisotopic (exact) mass is 360 g/mol. The maximum Gasteiger partial charge on any atom is 0.0429 e. The summed E-state index contributed by atoms with van der Waals surface area (Å²) in [5.41, 5.74) is 7.90. The molecular formula is C28H24. The predicted octanol–water partition coefficient (Wildman–Crippen LogP) is 6.71. The Morgan fingerprint density at radius 2 is 0.607 bits per heavy atom. The largest absolute Gasteiger partial charge is 0.0622 e. The van der Waals surface area contributed by atoms with Crippen LogP contribution in [-0.4, -0.2) is 0 Å². The zero-order valence-corrected chi connectivity index (χ0v) is 16.4. The molecule has 5 rings (SSSR count). The number of fused-ring (bicyclic) bond motifs is 2. The molecule has 1 aliphatic rings. The van der Waals surface area contributed by atoms with Crippen LogP contribution in [0.5, 0.6) is 0 Å². The number of benzene rings is 4. The Kier molecular flexibility index (Phi) is 3.77. The molecule has 0 heteroatoms. The molecule has 4 aromatic carbocycles. The van der Waals surface area contributed by atoms with Crippen molar-refractivity contribution in [3.05, 3.63) is 143 Å². The second kappa shape index (κ2) is 6.21. The molecule has 0 spiro atoms. The van der Waals surface area contributed by atoms with Crippen molar-refractivity contribution in [1.82, 2.24) is 0 Å². The summed E-state index contributed by atoms with van der Waals surface area (Å²) in [4.78, 5) is 0. The van der Waals surface area contributed by atoms with E-state index in [1.165, 1.54) is 33.4 Å². The van der Waals surface area contributed by atoms with Crippen molar-refractivity contribution in [3.8, 4) is 0 Å². The topological polar surface area (TPSA) is 0 Å². The Labute approximate surface area is 167 Å².